The number of carbonyl (C=O) groups is 1. The molecule has 2 saturated carbocycles. The zero-order valence-electron chi connectivity index (χ0n) is 19.1. The molecule has 7 nitrogen and oxygen atoms in total. The van der Waals surface area contributed by atoms with Crippen molar-refractivity contribution >= 4 is 6.09 Å². The van der Waals surface area contributed by atoms with E-state index >= 15 is 0 Å². The number of rotatable bonds is 7. The third-order valence-corrected chi connectivity index (χ3v) is 6.12. The van der Waals surface area contributed by atoms with E-state index in [1.165, 1.54) is 55.2 Å². The number of hydrogen-bond acceptors (Lipinski definition) is 4. The van der Waals surface area contributed by atoms with E-state index in [9.17, 15) is 4.79 Å². The molecule has 2 aliphatic carbocycles. The van der Waals surface area contributed by atoms with E-state index < -0.39 is 6.09 Å². The van der Waals surface area contributed by atoms with Gasteiger partial charge in [0.2, 0.25) is 0 Å². The van der Waals surface area contributed by atoms with Gasteiger partial charge in [-0.3, -0.25) is 0 Å². The molecule has 0 saturated heterocycles. The fraction of sp³-hybridized carbons (Fsp3) is 0.423. The molecule has 2 aromatic carbocycles. The first kappa shape index (κ1) is 22.8. The molecule has 1 aromatic heterocycles. The van der Waals surface area contributed by atoms with E-state index in [0.717, 1.165) is 24.0 Å². The second-order valence-electron chi connectivity index (χ2n) is 8.69. The second kappa shape index (κ2) is 11.0. The van der Waals surface area contributed by atoms with Gasteiger partial charge in [-0.25, -0.2) is 9.48 Å². The molecule has 0 spiro atoms. The van der Waals surface area contributed by atoms with E-state index in [2.05, 4.69) is 68.8 Å². The van der Waals surface area contributed by atoms with Crippen LogP contribution in [0.15, 0.2) is 54.7 Å². The van der Waals surface area contributed by atoms with Crippen LogP contribution in [0.3, 0.4) is 0 Å². The third-order valence-electron chi connectivity index (χ3n) is 6.12. The van der Waals surface area contributed by atoms with Gasteiger partial charge in [0, 0.05) is 12.1 Å². The van der Waals surface area contributed by atoms with E-state index in [0.29, 0.717) is 12.6 Å². The van der Waals surface area contributed by atoms with Crippen molar-refractivity contribution in [3.8, 4) is 28.1 Å². The van der Waals surface area contributed by atoms with Crippen LogP contribution in [-0.2, 0) is 0 Å². The lowest BCUT2D eigenvalue weighted by Crippen LogP contribution is -2.19. The van der Waals surface area contributed by atoms with Crippen LogP contribution in [0.1, 0.15) is 51.5 Å². The average molecular weight is 449 g/mol. The minimum atomic E-state index is -0.961. The van der Waals surface area contributed by atoms with Crippen molar-refractivity contribution in [2.75, 3.05) is 13.2 Å². The molecule has 0 bridgehead atoms. The van der Waals surface area contributed by atoms with Crippen LogP contribution in [0.4, 0.5) is 4.79 Å². The van der Waals surface area contributed by atoms with Gasteiger partial charge >= 0.3 is 6.09 Å². The standard InChI is InChI=1S/C23H25N3O.C3H7NO2/c1-2-4-21(3-1)26-23(15-24-25-26)20-9-7-18(8-10-20)19-11-13-22(14-12-19)27-16-17-5-6-17;1-2-4-3(5)6/h7-15,17,21H,1-6,16H2;4H,2H2,1H3,(H,5,6). The fourth-order valence-corrected chi connectivity index (χ4v) is 4.10. The predicted octanol–water partition coefficient (Wildman–Crippen LogP) is 5.79. The molecule has 0 unspecified atom stereocenters. The van der Waals surface area contributed by atoms with Gasteiger partial charge in [-0.05, 0) is 61.8 Å². The molecule has 33 heavy (non-hydrogen) atoms. The highest BCUT2D eigenvalue weighted by atomic mass is 16.5. The summed E-state index contributed by atoms with van der Waals surface area (Å²) in [7, 11) is 0. The summed E-state index contributed by atoms with van der Waals surface area (Å²) in [5.41, 5.74) is 4.73. The van der Waals surface area contributed by atoms with Gasteiger partial charge in [0.15, 0.2) is 0 Å². The molecule has 3 aromatic rings. The molecule has 0 radical (unpaired) electrons. The molecular weight excluding hydrogens is 416 g/mol. The summed E-state index contributed by atoms with van der Waals surface area (Å²) in [5, 5.41) is 18.4. The highest BCUT2D eigenvalue weighted by molar-refractivity contribution is 5.69. The Morgan fingerprint density at radius 3 is 2.15 bits per heavy atom. The van der Waals surface area contributed by atoms with Crippen molar-refractivity contribution in [2.24, 2.45) is 5.92 Å². The lowest BCUT2D eigenvalue weighted by Gasteiger charge is -2.13. The van der Waals surface area contributed by atoms with Crippen LogP contribution in [-0.4, -0.2) is 39.3 Å². The summed E-state index contributed by atoms with van der Waals surface area (Å²) < 4.78 is 7.95. The third kappa shape index (κ3) is 6.34. The molecular formula is C26H32N4O3. The topological polar surface area (TPSA) is 89.3 Å². The highest BCUT2D eigenvalue weighted by Crippen LogP contribution is 2.33. The van der Waals surface area contributed by atoms with Gasteiger partial charge in [-0.1, -0.05) is 54.5 Å². The van der Waals surface area contributed by atoms with Crippen molar-refractivity contribution in [2.45, 2.75) is 51.5 Å². The molecule has 5 rings (SSSR count). The first-order valence-electron chi connectivity index (χ1n) is 11.8. The molecule has 2 fully saturated rings. The first-order valence-corrected chi connectivity index (χ1v) is 11.8. The zero-order valence-corrected chi connectivity index (χ0v) is 19.1. The van der Waals surface area contributed by atoms with Crippen molar-refractivity contribution in [3.63, 3.8) is 0 Å². The molecule has 2 aliphatic rings. The molecule has 174 valence electrons. The van der Waals surface area contributed by atoms with Crippen LogP contribution in [0, 0.1) is 5.92 Å². The monoisotopic (exact) mass is 448 g/mol. The normalized spacial score (nSPS) is 15.5. The van der Waals surface area contributed by atoms with E-state index in [-0.39, 0.29) is 0 Å². The van der Waals surface area contributed by atoms with Gasteiger partial charge in [-0.2, -0.15) is 0 Å². The summed E-state index contributed by atoms with van der Waals surface area (Å²) >= 11 is 0. The van der Waals surface area contributed by atoms with Crippen molar-refractivity contribution in [1.29, 1.82) is 0 Å². The number of amides is 1. The molecule has 0 aliphatic heterocycles. The minimum absolute atomic E-state index is 0.481. The maximum absolute atomic E-state index is 9.49. The first-order chi connectivity index (χ1) is 16.1. The van der Waals surface area contributed by atoms with E-state index in [4.69, 9.17) is 9.84 Å². The summed E-state index contributed by atoms with van der Waals surface area (Å²) in [6.45, 7) is 3.07. The minimum Gasteiger partial charge on any atom is -0.493 e. The molecule has 0 atom stereocenters. The number of carboxylic acid groups (broad SMARTS) is 1. The Morgan fingerprint density at radius 1 is 1.00 bits per heavy atom. The van der Waals surface area contributed by atoms with Gasteiger partial charge < -0.3 is 15.2 Å². The van der Waals surface area contributed by atoms with Crippen molar-refractivity contribution in [1.82, 2.24) is 20.3 Å². The summed E-state index contributed by atoms with van der Waals surface area (Å²) in [5.74, 6) is 1.75. The van der Waals surface area contributed by atoms with Crippen LogP contribution in [0.5, 0.6) is 5.75 Å². The Hall–Kier alpha value is -3.35. The average Bonchev–Trinajstić information content (AvgIpc) is 3.28. The number of nitrogens with one attached hydrogen (secondary N) is 1. The van der Waals surface area contributed by atoms with Gasteiger partial charge in [0.1, 0.15) is 5.75 Å². The maximum atomic E-state index is 9.49. The van der Waals surface area contributed by atoms with Crippen LogP contribution in [0.2, 0.25) is 0 Å². The summed E-state index contributed by atoms with van der Waals surface area (Å²) in [4.78, 5) is 9.49. The largest absolute Gasteiger partial charge is 0.493 e. The smallest absolute Gasteiger partial charge is 0.404 e. The maximum Gasteiger partial charge on any atom is 0.404 e. The summed E-state index contributed by atoms with van der Waals surface area (Å²) in [6, 6.07) is 17.7. The van der Waals surface area contributed by atoms with Crippen molar-refractivity contribution < 1.29 is 14.6 Å². The van der Waals surface area contributed by atoms with E-state index in [1.54, 1.807) is 6.92 Å². The quantitative estimate of drug-likeness (QED) is 0.477. The van der Waals surface area contributed by atoms with Gasteiger partial charge in [-0.15, -0.1) is 5.10 Å². The molecule has 1 heterocycles. The Labute approximate surface area is 194 Å². The lowest BCUT2D eigenvalue weighted by molar-refractivity contribution is 0.195. The second-order valence-corrected chi connectivity index (χ2v) is 8.69. The highest BCUT2D eigenvalue weighted by Gasteiger charge is 2.22. The SMILES string of the molecule is CCNC(=O)O.c1cc(-c2ccc(-c3cnnn3C3CCCC3)cc2)ccc1OCC1CC1. The Kier molecular flexibility index (Phi) is 7.60. The number of nitrogens with zero attached hydrogens (tertiary/aromatic N) is 3. The van der Waals surface area contributed by atoms with Crippen molar-refractivity contribution in [3.05, 3.63) is 54.7 Å². The number of ether oxygens (including phenoxy) is 1. The molecule has 1 amide bonds. The Morgan fingerprint density at radius 2 is 1.61 bits per heavy atom. The predicted molar refractivity (Wildman–Crippen MR) is 128 cm³/mol. The van der Waals surface area contributed by atoms with E-state index in [1.807, 2.05) is 6.20 Å². The lowest BCUT2D eigenvalue weighted by atomic mass is 10.0. The van der Waals surface area contributed by atoms with Gasteiger partial charge in [0.25, 0.3) is 0 Å². The van der Waals surface area contributed by atoms with Crippen LogP contribution >= 0.6 is 0 Å². The molecule has 2 N–H and O–H groups in total. The van der Waals surface area contributed by atoms with Crippen LogP contribution < -0.4 is 10.1 Å². The van der Waals surface area contributed by atoms with Gasteiger partial charge in [0.05, 0.1) is 24.5 Å². The zero-order chi connectivity index (χ0) is 23.0. The number of hydrogen-bond donors (Lipinski definition) is 2. The Balaban J connectivity index is 0.000000385. The Bertz CT molecular complexity index is 1020. The number of aromatic nitrogens is 3. The fourth-order valence-electron chi connectivity index (χ4n) is 4.10. The molecule has 7 heteroatoms. The summed E-state index contributed by atoms with van der Waals surface area (Å²) in [6.07, 6.45) is 8.58. The number of benzene rings is 2. The van der Waals surface area contributed by atoms with Crippen LogP contribution in [0.25, 0.3) is 22.4 Å².